The molecule has 9 nitrogen and oxygen atoms in total. The van der Waals surface area contributed by atoms with Gasteiger partial charge in [0.2, 0.25) is 17.8 Å². The summed E-state index contributed by atoms with van der Waals surface area (Å²) in [5.41, 5.74) is 6.39. The van der Waals surface area contributed by atoms with E-state index >= 15 is 0 Å². The molecule has 2 aromatic heterocycles. The Hall–Kier alpha value is -2.83. The SMILES string of the molecule is NC(=O)[C@H]1CC[C@H](n2c(Nc3c(Cl)cc(F)cc3Cl)nc3cnc(NCC(F)(F)CO)nc32)CC1. The number of imidazole rings is 1. The normalized spacial score (nSPS) is 18.6. The molecule has 5 N–H and O–H groups in total. The van der Waals surface area contributed by atoms with Gasteiger partial charge in [0.1, 0.15) is 17.9 Å². The van der Waals surface area contributed by atoms with E-state index in [4.69, 9.17) is 34.0 Å². The number of nitrogens with one attached hydrogen (secondary N) is 2. The monoisotopic (exact) mass is 531 g/mol. The smallest absolute Gasteiger partial charge is 0.287 e. The maximum absolute atomic E-state index is 13.7. The average Bonchev–Trinajstić information content (AvgIpc) is 3.17. The molecule has 188 valence electrons. The number of rotatable bonds is 8. The van der Waals surface area contributed by atoms with Crippen LogP contribution >= 0.6 is 23.2 Å². The lowest BCUT2D eigenvalue weighted by atomic mass is 9.85. The van der Waals surface area contributed by atoms with Crippen molar-refractivity contribution in [2.45, 2.75) is 37.6 Å². The van der Waals surface area contributed by atoms with Crippen LogP contribution in [-0.2, 0) is 4.79 Å². The molecule has 0 atom stereocenters. The molecule has 35 heavy (non-hydrogen) atoms. The summed E-state index contributed by atoms with van der Waals surface area (Å²) in [5, 5.41) is 14.3. The first kappa shape index (κ1) is 25.3. The second-order valence-electron chi connectivity index (χ2n) is 8.35. The molecule has 3 aromatic rings. The van der Waals surface area contributed by atoms with Gasteiger partial charge < -0.3 is 21.5 Å². The number of hydrogen-bond acceptors (Lipinski definition) is 7. The van der Waals surface area contributed by atoms with Crippen molar-refractivity contribution < 1.29 is 23.1 Å². The predicted molar refractivity (Wildman–Crippen MR) is 126 cm³/mol. The number of amides is 1. The first-order chi connectivity index (χ1) is 16.6. The lowest BCUT2D eigenvalue weighted by Gasteiger charge is -2.29. The highest BCUT2D eigenvalue weighted by Crippen LogP contribution is 2.39. The van der Waals surface area contributed by atoms with Gasteiger partial charge in [0.15, 0.2) is 5.65 Å². The second-order valence-corrected chi connectivity index (χ2v) is 9.17. The minimum absolute atomic E-state index is 0.0331. The van der Waals surface area contributed by atoms with Crippen LogP contribution in [0.5, 0.6) is 0 Å². The van der Waals surface area contributed by atoms with E-state index in [9.17, 15) is 18.0 Å². The Kier molecular flexibility index (Phi) is 7.25. The molecule has 1 saturated carbocycles. The summed E-state index contributed by atoms with van der Waals surface area (Å²) in [6, 6.07) is 2.03. The van der Waals surface area contributed by atoms with E-state index in [1.54, 1.807) is 4.57 Å². The predicted octanol–water partition coefficient (Wildman–Crippen LogP) is 4.27. The van der Waals surface area contributed by atoms with E-state index in [0.717, 1.165) is 12.1 Å². The van der Waals surface area contributed by atoms with E-state index in [1.807, 2.05) is 0 Å². The molecule has 2 heterocycles. The number of primary amides is 1. The van der Waals surface area contributed by atoms with E-state index in [2.05, 4.69) is 25.6 Å². The summed E-state index contributed by atoms with van der Waals surface area (Å²) in [7, 11) is 0. The molecule has 0 aliphatic heterocycles. The minimum Gasteiger partial charge on any atom is -0.390 e. The van der Waals surface area contributed by atoms with Gasteiger partial charge in [0.25, 0.3) is 5.92 Å². The molecule has 0 saturated heterocycles. The van der Waals surface area contributed by atoms with E-state index in [0.29, 0.717) is 36.8 Å². The fraction of sp³-hybridized carbons (Fsp3) is 0.429. The van der Waals surface area contributed by atoms with Gasteiger partial charge in [-0.1, -0.05) is 23.2 Å². The van der Waals surface area contributed by atoms with E-state index < -0.39 is 24.9 Å². The third-order valence-corrected chi connectivity index (χ3v) is 6.47. The van der Waals surface area contributed by atoms with E-state index in [-0.39, 0.29) is 45.5 Å². The molecule has 1 fully saturated rings. The number of fused-ring (bicyclic) bond motifs is 1. The maximum Gasteiger partial charge on any atom is 0.287 e. The van der Waals surface area contributed by atoms with Crippen LogP contribution in [0.1, 0.15) is 31.7 Å². The Morgan fingerprint density at radius 2 is 1.86 bits per heavy atom. The fourth-order valence-corrected chi connectivity index (χ4v) is 4.62. The first-order valence-corrected chi connectivity index (χ1v) is 11.5. The third-order valence-electron chi connectivity index (χ3n) is 5.88. The average molecular weight is 532 g/mol. The summed E-state index contributed by atoms with van der Waals surface area (Å²) in [6.07, 6.45) is 3.63. The Labute approximate surface area is 207 Å². The number of halogens is 5. The standard InChI is InChI=1S/C21H22Cl2F3N7O2/c22-13-5-11(24)6-14(23)16(13)31-20-30-15-7-28-19(29-8-21(25,26)9-34)32-18(15)33(20)12-3-1-10(2-4-12)17(27)35/h5-7,10,12,34H,1-4,8-9H2,(H2,27,35)(H,30,31)(H,28,29,32)/t10-,12-. The summed E-state index contributed by atoms with van der Waals surface area (Å²) >= 11 is 12.4. The Morgan fingerprint density at radius 3 is 2.46 bits per heavy atom. The molecule has 0 bridgehead atoms. The quantitative estimate of drug-likeness (QED) is 0.341. The van der Waals surface area contributed by atoms with Crippen molar-refractivity contribution in [2.75, 3.05) is 23.8 Å². The van der Waals surface area contributed by atoms with Crippen molar-refractivity contribution in [3.8, 4) is 0 Å². The van der Waals surface area contributed by atoms with Crippen molar-refractivity contribution in [3.63, 3.8) is 0 Å². The van der Waals surface area contributed by atoms with Gasteiger partial charge in [0.05, 0.1) is 28.5 Å². The zero-order chi connectivity index (χ0) is 25.3. The highest BCUT2D eigenvalue weighted by molar-refractivity contribution is 6.39. The molecule has 1 aliphatic carbocycles. The molecule has 14 heteroatoms. The van der Waals surface area contributed by atoms with Crippen LogP contribution in [0.2, 0.25) is 10.0 Å². The zero-order valence-corrected chi connectivity index (χ0v) is 19.8. The molecule has 1 amide bonds. The molecule has 4 rings (SSSR count). The molecule has 0 spiro atoms. The third kappa shape index (κ3) is 5.54. The number of benzene rings is 1. The highest BCUT2D eigenvalue weighted by Gasteiger charge is 2.30. The number of nitrogens with zero attached hydrogens (tertiary/aromatic N) is 4. The summed E-state index contributed by atoms with van der Waals surface area (Å²) in [4.78, 5) is 24.5. The Balaban J connectivity index is 1.74. The fourth-order valence-electron chi connectivity index (χ4n) is 4.07. The van der Waals surface area contributed by atoms with Crippen LogP contribution in [0.15, 0.2) is 18.3 Å². The summed E-state index contributed by atoms with van der Waals surface area (Å²) in [6.45, 7) is -2.19. The number of aliphatic hydroxyl groups excluding tert-OH is 1. The second kappa shape index (κ2) is 10.0. The van der Waals surface area contributed by atoms with Crippen LogP contribution in [0.3, 0.4) is 0 Å². The number of anilines is 3. The topological polar surface area (TPSA) is 131 Å². The van der Waals surface area contributed by atoms with Crippen LogP contribution in [-0.4, -0.2) is 49.6 Å². The molecule has 0 unspecified atom stereocenters. The number of hydrogen-bond donors (Lipinski definition) is 4. The van der Waals surface area contributed by atoms with Gasteiger partial charge in [-0.05, 0) is 37.8 Å². The highest BCUT2D eigenvalue weighted by atomic mass is 35.5. The van der Waals surface area contributed by atoms with Crippen LogP contribution < -0.4 is 16.4 Å². The lowest BCUT2D eigenvalue weighted by molar-refractivity contribution is -0.122. The Bertz CT molecular complexity index is 1230. The minimum atomic E-state index is -3.35. The lowest BCUT2D eigenvalue weighted by Crippen LogP contribution is -2.31. The number of carbonyl (C=O) groups excluding carboxylic acids is 1. The van der Waals surface area contributed by atoms with Gasteiger partial charge in [-0.3, -0.25) is 9.36 Å². The van der Waals surface area contributed by atoms with Gasteiger partial charge >= 0.3 is 0 Å². The maximum atomic E-state index is 13.7. The number of aliphatic hydroxyl groups is 1. The van der Waals surface area contributed by atoms with Gasteiger partial charge in [-0.15, -0.1) is 0 Å². The molecule has 1 aromatic carbocycles. The van der Waals surface area contributed by atoms with Crippen LogP contribution in [0.25, 0.3) is 11.2 Å². The molecular weight excluding hydrogens is 510 g/mol. The van der Waals surface area contributed by atoms with Gasteiger partial charge in [0, 0.05) is 12.0 Å². The number of carbonyl (C=O) groups is 1. The van der Waals surface area contributed by atoms with Crippen LogP contribution in [0, 0.1) is 11.7 Å². The van der Waals surface area contributed by atoms with Crippen molar-refractivity contribution in [1.82, 2.24) is 19.5 Å². The summed E-state index contributed by atoms with van der Waals surface area (Å²) < 4.78 is 42.4. The first-order valence-electron chi connectivity index (χ1n) is 10.8. The molecule has 1 aliphatic rings. The van der Waals surface area contributed by atoms with Crippen LogP contribution in [0.4, 0.5) is 30.8 Å². The van der Waals surface area contributed by atoms with Crippen molar-refractivity contribution >= 4 is 57.9 Å². The van der Waals surface area contributed by atoms with Crippen molar-refractivity contribution in [1.29, 1.82) is 0 Å². The number of alkyl halides is 2. The number of aromatic nitrogens is 4. The van der Waals surface area contributed by atoms with Crippen molar-refractivity contribution in [2.24, 2.45) is 11.7 Å². The Morgan fingerprint density at radius 1 is 1.20 bits per heavy atom. The van der Waals surface area contributed by atoms with E-state index in [1.165, 1.54) is 6.20 Å². The van der Waals surface area contributed by atoms with Crippen molar-refractivity contribution in [3.05, 3.63) is 34.2 Å². The summed E-state index contributed by atoms with van der Waals surface area (Å²) in [5.74, 6) is -4.36. The van der Waals surface area contributed by atoms with Gasteiger partial charge in [-0.25, -0.2) is 23.1 Å². The molecule has 0 radical (unpaired) electrons. The number of nitrogens with two attached hydrogens (primary N) is 1. The largest absolute Gasteiger partial charge is 0.390 e. The molecular formula is C21H22Cl2F3N7O2. The zero-order valence-electron chi connectivity index (χ0n) is 18.2. The van der Waals surface area contributed by atoms with Gasteiger partial charge in [-0.2, -0.15) is 4.98 Å².